The molecule has 5 aromatic rings. The lowest BCUT2D eigenvalue weighted by Crippen LogP contribution is -2.84. The van der Waals surface area contributed by atoms with Gasteiger partial charge in [-0.25, -0.2) is 8.78 Å². The van der Waals surface area contributed by atoms with E-state index in [1.807, 2.05) is 85.0 Å². The Kier molecular flexibility index (Phi) is 5.34. The summed E-state index contributed by atoms with van der Waals surface area (Å²) in [5.74, 6) is -2.72. The van der Waals surface area contributed by atoms with Crippen LogP contribution in [0.15, 0.2) is 170 Å². The van der Waals surface area contributed by atoms with Crippen LogP contribution in [-0.4, -0.2) is 17.1 Å². The molecule has 8 unspecified atom stereocenters. The lowest BCUT2D eigenvalue weighted by molar-refractivity contribution is -0.370. The zero-order chi connectivity index (χ0) is 32.4. The first-order chi connectivity index (χ1) is 23.4. The minimum atomic E-state index is -3.09. The van der Waals surface area contributed by atoms with Gasteiger partial charge in [0.1, 0.15) is 11.2 Å². The molecule has 3 saturated heterocycles. The highest BCUT2D eigenvalue weighted by atomic mass is 19.2. The van der Waals surface area contributed by atoms with Gasteiger partial charge in [-0.05, 0) is 33.4 Å². The summed E-state index contributed by atoms with van der Waals surface area (Å²) in [6.07, 6.45) is 7.50. The van der Waals surface area contributed by atoms with E-state index in [2.05, 4.69) is 0 Å². The van der Waals surface area contributed by atoms with E-state index in [0.29, 0.717) is 33.4 Å². The van der Waals surface area contributed by atoms with Crippen molar-refractivity contribution in [1.29, 1.82) is 0 Å². The second-order valence-corrected chi connectivity index (χ2v) is 13.5. The van der Waals surface area contributed by atoms with Gasteiger partial charge in [-0.3, -0.25) is 4.79 Å². The Bertz CT molecular complexity index is 2020. The zero-order valence-electron chi connectivity index (χ0n) is 25.8. The Morgan fingerprint density at radius 1 is 0.438 bits per heavy atom. The van der Waals surface area contributed by atoms with Gasteiger partial charge in [0, 0.05) is 11.8 Å². The molecule has 0 amide bonds. The fourth-order valence-corrected chi connectivity index (χ4v) is 10.2. The van der Waals surface area contributed by atoms with Gasteiger partial charge in [0.05, 0.1) is 0 Å². The Morgan fingerprint density at radius 2 is 0.771 bits per heavy atom. The summed E-state index contributed by atoms with van der Waals surface area (Å²) >= 11 is 0. The molecular weight excluding hydrogens is 602 g/mol. The maximum Gasteiger partial charge on any atom is 0.242 e. The zero-order valence-corrected chi connectivity index (χ0v) is 25.8. The molecule has 8 atom stereocenters. The maximum atomic E-state index is 20.2. The molecule has 6 bridgehead atoms. The molecule has 4 heterocycles. The third-order valence-electron chi connectivity index (χ3n) is 11.8. The van der Waals surface area contributed by atoms with Gasteiger partial charge in [-0.15, -0.1) is 0 Å². The number of Topliss-reactive ketones (excluding diaryl/α,β-unsaturated/α-hetero) is 1. The van der Waals surface area contributed by atoms with Gasteiger partial charge in [-0.1, -0.05) is 170 Å². The van der Waals surface area contributed by atoms with Crippen molar-refractivity contribution in [2.45, 2.75) is 33.7 Å². The summed E-state index contributed by atoms with van der Waals surface area (Å²) in [6, 6.07) is 43.3. The lowest BCUT2D eigenvalue weighted by atomic mass is 9.53. The quantitative estimate of drug-likeness (QED) is 0.200. The number of ether oxygens (including phenoxy) is 2. The molecule has 0 aromatic heterocycles. The van der Waals surface area contributed by atoms with Crippen molar-refractivity contribution >= 4 is 5.78 Å². The fourth-order valence-electron chi connectivity index (χ4n) is 10.2. The number of ketones is 1. The average molecular weight is 633 g/mol. The van der Waals surface area contributed by atoms with E-state index in [4.69, 9.17) is 9.47 Å². The van der Waals surface area contributed by atoms with Gasteiger partial charge >= 0.3 is 0 Å². The first-order valence-corrected chi connectivity index (χ1v) is 16.4. The predicted molar refractivity (Wildman–Crippen MR) is 177 cm³/mol. The van der Waals surface area contributed by atoms with Gasteiger partial charge in [-0.2, -0.15) is 0 Å². The van der Waals surface area contributed by atoms with Crippen molar-refractivity contribution in [3.63, 3.8) is 0 Å². The van der Waals surface area contributed by atoms with E-state index in [0.717, 1.165) is 0 Å². The maximum absolute atomic E-state index is 20.2. The van der Waals surface area contributed by atoms with E-state index in [9.17, 15) is 0 Å². The largest absolute Gasteiger partial charge is 0.350 e. The fraction of sp³-hybridized carbons (Fsp3) is 0.186. The van der Waals surface area contributed by atoms with Crippen LogP contribution in [0.4, 0.5) is 8.78 Å². The average Bonchev–Trinajstić information content (AvgIpc) is 3.65. The van der Waals surface area contributed by atoms with Crippen LogP contribution in [-0.2, 0) is 36.7 Å². The van der Waals surface area contributed by atoms with E-state index in [1.54, 1.807) is 84.9 Å². The SMILES string of the molecule is O=C1C2(F)C3(c4ccccc4)OC(c4ccccc4)(c4ccccc43)C1(F)C1(c3ccccc3)OC2(c2ccccc2)C2C=CC=CC21. The van der Waals surface area contributed by atoms with Gasteiger partial charge in [0.15, 0.2) is 11.2 Å². The number of rotatable bonds is 4. The molecule has 0 radical (unpaired) electrons. The Labute approximate surface area is 277 Å². The van der Waals surface area contributed by atoms with Crippen LogP contribution in [0, 0.1) is 11.8 Å². The molecule has 234 valence electrons. The number of carbonyl (C=O) groups is 1. The number of hydrogen-bond donors (Lipinski definition) is 0. The van der Waals surface area contributed by atoms with E-state index in [1.165, 1.54) is 0 Å². The smallest absolute Gasteiger partial charge is 0.242 e. The molecule has 3 nitrogen and oxygen atoms in total. The summed E-state index contributed by atoms with van der Waals surface area (Å²) < 4.78 is 55.4. The lowest BCUT2D eigenvalue weighted by Gasteiger charge is -2.65. The minimum Gasteiger partial charge on any atom is -0.350 e. The standard InChI is InChI=1S/C43H30F2O3/c44-42-37(46)43(45,40(31-21-9-3-10-22-31)34-26-14-13-25-33(34)38(42,47-40)29-17-5-1-6-18-29)41(32-23-11-4-12-24-32)36-28-16-15-27-35(36)39(42,48-41)30-19-7-2-8-20-30/h1-28,33-34H. The molecule has 0 spiro atoms. The van der Waals surface area contributed by atoms with Crippen LogP contribution in [0.3, 0.4) is 0 Å². The Balaban J connectivity index is 1.48. The summed E-state index contributed by atoms with van der Waals surface area (Å²) in [4.78, 5) is 16.1. The van der Waals surface area contributed by atoms with Crippen molar-refractivity contribution in [1.82, 2.24) is 0 Å². The molecule has 48 heavy (non-hydrogen) atoms. The highest BCUT2D eigenvalue weighted by Crippen LogP contribution is 2.83. The van der Waals surface area contributed by atoms with Gasteiger partial charge in [0.2, 0.25) is 17.1 Å². The summed E-state index contributed by atoms with van der Waals surface area (Å²) in [6.45, 7) is 0. The molecule has 5 aromatic carbocycles. The first-order valence-electron chi connectivity index (χ1n) is 16.4. The number of hydrogen-bond acceptors (Lipinski definition) is 3. The summed E-state index contributed by atoms with van der Waals surface area (Å²) in [5, 5.41) is 0. The van der Waals surface area contributed by atoms with Crippen molar-refractivity contribution < 1.29 is 23.0 Å². The summed E-state index contributed by atoms with van der Waals surface area (Å²) in [5.41, 5.74) is -11.8. The number of halogens is 2. The van der Waals surface area contributed by atoms with Crippen LogP contribution in [0.25, 0.3) is 0 Å². The predicted octanol–water partition coefficient (Wildman–Crippen LogP) is 8.40. The topological polar surface area (TPSA) is 35.5 Å². The van der Waals surface area contributed by atoms with Crippen molar-refractivity contribution in [2.24, 2.45) is 11.8 Å². The number of benzene rings is 5. The van der Waals surface area contributed by atoms with Gasteiger partial charge in [0.25, 0.3) is 0 Å². The number of fused-ring (bicyclic) bond motifs is 16. The normalized spacial score (nSPS) is 38.0. The molecule has 4 aliphatic heterocycles. The molecule has 5 heteroatoms. The molecular formula is C43H30F2O3. The van der Waals surface area contributed by atoms with Crippen molar-refractivity contribution in [2.75, 3.05) is 0 Å². The molecule has 1 aliphatic carbocycles. The van der Waals surface area contributed by atoms with Crippen LogP contribution in [0.5, 0.6) is 0 Å². The van der Waals surface area contributed by atoms with Crippen LogP contribution in [0.1, 0.15) is 33.4 Å². The first kappa shape index (κ1) is 28.1. The Hall–Kier alpha value is -4.97. The van der Waals surface area contributed by atoms with E-state index >= 15 is 13.6 Å². The van der Waals surface area contributed by atoms with Gasteiger partial charge < -0.3 is 9.47 Å². The summed E-state index contributed by atoms with van der Waals surface area (Å²) in [7, 11) is 0. The highest BCUT2D eigenvalue weighted by Gasteiger charge is 2.98. The molecule has 0 saturated carbocycles. The minimum absolute atomic E-state index is 0.414. The Morgan fingerprint density at radius 3 is 1.15 bits per heavy atom. The van der Waals surface area contributed by atoms with E-state index < -0.39 is 51.4 Å². The molecule has 5 aliphatic rings. The van der Waals surface area contributed by atoms with Crippen LogP contribution >= 0.6 is 0 Å². The second-order valence-electron chi connectivity index (χ2n) is 13.5. The second kappa shape index (κ2) is 9.13. The third kappa shape index (κ3) is 2.67. The van der Waals surface area contributed by atoms with Crippen molar-refractivity contribution in [3.05, 3.63) is 203 Å². The third-order valence-corrected chi connectivity index (χ3v) is 11.8. The van der Waals surface area contributed by atoms with Crippen LogP contribution < -0.4 is 0 Å². The number of alkyl halides is 2. The van der Waals surface area contributed by atoms with Crippen molar-refractivity contribution in [3.8, 4) is 0 Å². The number of carbonyl (C=O) groups excluding carboxylic acids is 1. The molecule has 3 fully saturated rings. The van der Waals surface area contributed by atoms with E-state index in [-0.39, 0.29) is 0 Å². The van der Waals surface area contributed by atoms with Crippen LogP contribution in [0.2, 0.25) is 0 Å². The number of allylic oxidation sites excluding steroid dienone is 2. The molecule has 0 N–H and O–H groups in total. The highest BCUT2D eigenvalue weighted by molar-refractivity contribution is 6.06. The molecule has 10 rings (SSSR count). The monoisotopic (exact) mass is 632 g/mol.